The van der Waals surface area contributed by atoms with Gasteiger partial charge in [-0.05, 0) is 31.2 Å². The topological polar surface area (TPSA) is 99.4 Å². The molecule has 0 aliphatic heterocycles. The van der Waals surface area contributed by atoms with Gasteiger partial charge in [-0.25, -0.2) is 9.18 Å². The van der Waals surface area contributed by atoms with Crippen LogP contribution in [0.3, 0.4) is 0 Å². The third-order valence-corrected chi connectivity index (χ3v) is 4.83. The molecule has 2 amide bonds. The predicted molar refractivity (Wildman–Crippen MR) is 108 cm³/mol. The molecule has 0 fully saturated rings. The molecule has 3 rings (SSSR count). The minimum Gasteiger partial charge on any atom is -0.359 e. The van der Waals surface area contributed by atoms with Crippen LogP contribution in [0.25, 0.3) is 11.3 Å². The fraction of sp³-hybridized carbons (Fsp3) is 0.105. The van der Waals surface area contributed by atoms with Crippen LogP contribution in [-0.4, -0.2) is 18.2 Å². The number of urea groups is 1. The lowest BCUT2D eigenvalue weighted by molar-refractivity contribution is 0.253. The fourth-order valence-corrected chi connectivity index (χ4v) is 3.49. The Balaban J connectivity index is 2.23. The molecule has 0 aliphatic carbocycles. The SMILES string of the molecule is Cc1onc(-c2c(Cl)cccc2Cl)c1N(C(N)=O)N(C)c1cccc(F)c1C#N. The first-order valence-electron chi connectivity index (χ1n) is 8.20. The number of benzene rings is 2. The second-order valence-corrected chi connectivity index (χ2v) is 6.77. The van der Waals surface area contributed by atoms with Crippen molar-refractivity contribution in [3.05, 3.63) is 63.6 Å². The molecule has 7 nitrogen and oxygen atoms in total. The van der Waals surface area contributed by atoms with Crippen LogP contribution in [0, 0.1) is 24.1 Å². The van der Waals surface area contributed by atoms with Crippen molar-refractivity contribution in [1.82, 2.24) is 5.16 Å². The molecule has 10 heteroatoms. The van der Waals surface area contributed by atoms with Crippen molar-refractivity contribution >= 4 is 40.6 Å². The Kier molecular flexibility index (Phi) is 5.64. The van der Waals surface area contributed by atoms with Gasteiger partial charge < -0.3 is 10.3 Å². The van der Waals surface area contributed by atoms with Crippen molar-refractivity contribution < 1.29 is 13.7 Å². The molecule has 0 radical (unpaired) electrons. The van der Waals surface area contributed by atoms with Gasteiger partial charge in [0.05, 0.1) is 15.7 Å². The largest absolute Gasteiger partial charge is 0.359 e. The van der Waals surface area contributed by atoms with Crippen LogP contribution >= 0.6 is 23.2 Å². The number of hydrazine groups is 1. The number of primary amides is 1. The fourth-order valence-electron chi connectivity index (χ4n) is 2.91. The highest BCUT2D eigenvalue weighted by molar-refractivity contribution is 6.39. The second-order valence-electron chi connectivity index (χ2n) is 5.95. The number of amides is 2. The Hall–Kier alpha value is -3.28. The summed E-state index contributed by atoms with van der Waals surface area (Å²) in [4.78, 5) is 12.4. The molecule has 0 saturated heterocycles. The number of anilines is 2. The summed E-state index contributed by atoms with van der Waals surface area (Å²) in [6, 6.07) is 9.76. The van der Waals surface area contributed by atoms with Gasteiger partial charge in [0.2, 0.25) is 0 Å². The molecule has 0 saturated carbocycles. The molecule has 0 unspecified atom stereocenters. The first kappa shape index (κ1) is 20.5. The van der Waals surface area contributed by atoms with E-state index in [1.54, 1.807) is 31.2 Å². The lowest BCUT2D eigenvalue weighted by Crippen LogP contribution is -2.48. The number of rotatable bonds is 4. The van der Waals surface area contributed by atoms with Gasteiger partial charge in [0, 0.05) is 12.6 Å². The third-order valence-electron chi connectivity index (χ3n) is 4.20. The van der Waals surface area contributed by atoms with Crippen molar-refractivity contribution in [2.24, 2.45) is 5.73 Å². The van der Waals surface area contributed by atoms with E-state index in [4.69, 9.17) is 33.5 Å². The monoisotopic (exact) mass is 433 g/mol. The molecule has 2 N–H and O–H groups in total. The number of nitrogens with two attached hydrogens (primary N) is 1. The maximum Gasteiger partial charge on any atom is 0.338 e. The van der Waals surface area contributed by atoms with E-state index in [-0.39, 0.29) is 38.4 Å². The van der Waals surface area contributed by atoms with E-state index in [1.165, 1.54) is 24.2 Å². The Labute approximate surface area is 175 Å². The van der Waals surface area contributed by atoms with Gasteiger partial charge in [0.1, 0.15) is 28.8 Å². The summed E-state index contributed by atoms with van der Waals surface area (Å²) in [5.41, 5.74) is 6.13. The van der Waals surface area contributed by atoms with Gasteiger partial charge in [-0.2, -0.15) is 10.3 Å². The third kappa shape index (κ3) is 3.58. The summed E-state index contributed by atoms with van der Waals surface area (Å²) >= 11 is 12.6. The summed E-state index contributed by atoms with van der Waals surface area (Å²) < 4.78 is 19.4. The highest BCUT2D eigenvalue weighted by Crippen LogP contribution is 2.41. The number of aromatic nitrogens is 1. The van der Waals surface area contributed by atoms with E-state index in [9.17, 15) is 14.4 Å². The Morgan fingerprint density at radius 1 is 1.24 bits per heavy atom. The molecule has 0 atom stereocenters. The summed E-state index contributed by atoms with van der Waals surface area (Å²) in [5.74, 6) is -0.505. The lowest BCUT2D eigenvalue weighted by atomic mass is 10.1. The number of carbonyl (C=O) groups is 1. The molecule has 148 valence electrons. The van der Waals surface area contributed by atoms with Crippen LogP contribution in [-0.2, 0) is 0 Å². The minimum absolute atomic E-state index is 0.114. The molecule has 29 heavy (non-hydrogen) atoms. The zero-order chi connectivity index (χ0) is 21.3. The van der Waals surface area contributed by atoms with E-state index < -0.39 is 11.8 Å². The van der Waals surface area contributed by atoms with Crippen LogP contribution in [0.4, 0.5) is 20.6 Å². The summed E-state index contributed by atoms with van der Waals surface area (Å²) in [6.07, 6.45) is 0. The Morgan fingerprint density at radius 2 is 1.86 bits per heavy atom. The average Bonchev–Trinajstić information content (AvgIpc) is 3.02. The van der Waals surface area contributed by atoms with Crippen molar-refractivity contribution in [1.29, 1.82) is 5.26 Å². The highest BCUT2D eigenvalue weighted by Gasteiger charge is 2.31. The average molecular weight is 434 g/mol. The number of nitrogens with zero attached hydrogens (tertiary/aromatic N) is 4. The molecular weight excluding hydrogens is 420 g/mol. The quantitative estimate of drug-likeness (QED) is 0.589. The number of hydrogen-bond donors (Lipinski definition) is 1. The smallest absolute Gasteiger partial charge is 0.338 e. The van der Waals surface area contributed by atoms with Gasteiger partial charge >= 0.3 is 6.03 Å². The van der Waals surface area contributed by atoms with Gasteiger partial charge in [-0.15, -0.1) is 0 Å². The molecule has 0 aliphatic rings. The minimum atomic E-state index is -0.920. The van der Waals surface area contributed by atoms with Gasteiger partial charge in [-0.1, -0.05) is 40.5 Å². The van der Waals surface area contributed by atoms with E-state index in [0.29, 0.717) is 5.56 Å². The van der Waals surface area contributed by atoms with Crippen LogP contribution in [0.2, 0.25) is 10.0 Å². The van der Waals surface area contributed by atoms with Crippen LogP contribution in [0.1, 0.15) is 11.3 Å². The molecule has 0 bridgehead atoms. The van der Waals surface area contributed by atoms with Crippen molar-refractivity contribution in [3.8, 4) is 17.3 Å². The van der Waals surface area contributed by atoms with Crippen molar-refractivity contribution in [2.45, 2.75) is 6.92 Å². The highest BCUT2D eigenvalue weighted by atomic mass is 35.5. The molecule has 1 heterocycles. The maximum absolute atomic E-state index is 14.1. The second kappa shape index (κ2) is 7.99. The lowest BCUT2D eigenvalue weighted by Gasteiger charge is -2.32. The molecule has 0 spiro atoms. The summed E-state index contributed by atoms with van der Waals surface area (Å²) in [7, 11) is 1.45. The Morgan fingerprint density at radius 3 is 2.45 bits per heavy atom. The van der Waals surface area contributed by atoms with Crippen LogP contribution in [0.5, 0.6) is 0 Å². The number of carbonyl (C=O) groups excluding carboxylic acids is 1. The van der Waals surface area contributed by atoms with Gasteiger partial charge in [0.25, 0.3) is 0 Å². The van der Waals surface area contributed by atoms with Crippen molar-refractivity contribution in [2.75, 3.05) is 17.1 Å². The first-order chi connectivity index (χ1) is 13.8. The van der Waals surface area contributed by atoms with E-state index in [0.717, 1.165) is 11.1 Å². The molecular formula is C19H14Cl2FN5O2. The first-order valence-corrected chi connectivity index (χ1v) is 8.96. The van der Waals surface area contributed by atoms with Crippen LogP contribution < -0.4 is 15.8 Å². The number of nitriles is 1. The summed E-state index contributed by atoms with van der Waals surface area (Å²) in [5, 5.41) is 16.1. The molecule has 2 aromatic carbocycles. The number of hydrogen-bond acceptors (Lipinski definition) is 5. The molecule has 3 aromatic rings. The maximum atomic E-state index is 14.1. The van der Waals surface area contributed by atoms with E-state index >= 15 is 0 Å². The number of aryl methyl sites for hydroxylation is 1. The predicted octanol–water partition coefficient (Wildman–Crippen LogP) is 4.90. The Bertz CT molecular complexity index is 1120. The zero-order valence-electron chi connectivity index (χ0n) is 15.3. The van der Waals surface area contributed by atoms with E-state index in [1.807, 2.05) is 0 Å². The normalized spacial score (nSPS) is 10.5. The van der Waals surface area contributed by atoms with E-state index in [2.05, 4.69) is 5.16 Å². The molecule has 1 aromatic heterocycles. The van der Waals surface area contributed by atoms with Gasteiger partial charge in [-0.3, -0.25) is 5.01 Å². The van der Waals surface area contributed by atoms with Crippen molar-refractivity contribution in [3.63, 3.8) is 0 Å². The number of halogens is 3. The van der Waals surface area contributed by atoms with Gasteiger partial charge in [0.15, 0.2) is 5.76 Å². The van der Waals surface area contributed by atoms with Crippen LogP contribution in [0.15, 0.2) is 40.9 Å². The standard InChI is InChI=1S/C19H14Cl2FN5O2/c1-10-18(17(25-29-10)16-12(20)5-3-6-13(16)21)27(19(24)28)26(2)15-8-4-7-14(22)11(15)9-23/h3-8H,1-2H3,(H2,24,28). The summed E-state index contributed by atoms with van der Waals surface area (Å²) in [6.45, 7) is 1.57. The zero-order valence-corrected chi connectivity index (χ0v) is 16.8.